The summed E-state index contributed by atoms with van der Waals surface area (Å²) in [5, 5.41) is 2.22. The van der Waals surface area contributed by atoms with Crippen molar-refractivity contribution in [2.45, 2.75) is 17.3 Å². The van der Waals surface area contributed by atoms with E-state index in [-0.39, 0.29) is 21.5 Å². The summed E-state index contributed by atoms with van der Waals surface area (Å²) < 4.78 is 47.9. The van der Waals surface area contributed by atoms with E-state index in [2.05, 4.69) is 5.10 Å². The lowest BCUT2D eigenvalue weighted by Gasteiger charge is -2.04. The largest absolute Gasteiger partial charge is 0.334 e. The maximum atomic E-state index is 12.1. The van der Waals surface area contributed by atoms with Crippen LogP contribution in [0.5, 0.6) is 0 Å². The summed E-state index contributed by atoms with van der Waals surface area (Å²) in [5.74, 6) is -2.82. The molecule has 0 aliphatic rings. The molecule has 8 heteroatoms. The topological polar surface area (TPSA) is 17.8 Å². The number of thioether (sulfide) groups is 1. The molecule has 1 aromatic rings. The van der Waals surface area contributed by atoms with Crippen LogP contribution < -0.4 is 0 Å². The van der Waals surface area contributed by atoms with Crippen LogP contribution in [0.25, 0.3) is 0 Å². The third kappa shape index (κ3) is 2.50. The molecular weight excluding hydrogens is 232 g/mol. The Hall–Kier alpha value is -0.430. The van der Waals surface area contributed by atoms with Crippen molar-refractivity contribution in [3.8, 4) is 0 Å². The van der Waals surface area contributed by atoms with Crippen molar-refractivity contribution < 1.29 is 17.6 Å². The molecule has 0 aliphatic heterocycles. The van der Waals surface area contributed by atoms with Crippen LogP contribution in [-0.4, -0.2) is 15.5 Å². The fraction of sp³-hybridized carbons (Fsp3) is 0.400. The van der Waals surface area contributed by atoms with Crippen molar-refractivity contribution in [1.29, 1.82) is 0 Å². The minimum atomic E-state index is -3.00. The van der Waals surface area contributed by atoms with Crippen LogP contribution in [0, 0.1) is 6.20 Å². The maximum Gasteiger partial charge on any atom is 0.334 e. The predicted molar refractivity (Wildman–Crippen MR) is 39.2 cm³/mol. The van der Waals surface area contributed by atoms with Gasteiger partial charge < -0.3 is 0 Å². The third-order valence-electron chi connectivity index (χ3n) is 1.04. The number of halogens is 5. The number of hydrogen-bond acceptors (Lipinski definition) is 2. The molecule has 1 heterocycles. The first-order chi connectivity index (χ1) is 6.02. The summed E-state index contributed by atoms with van der Waals surface area (Å²) in [6.07, 6.45) is 1.97. The van der Waals surface area contributed by atoms with Crippen LogP contribution in [0.1, 0.15) is 6.55 Å². The van der Waals surface area contributed by atoms with Crippen LogP contribution in [0.15, 0.2) is 5.03 Å². The van der Waals surface area contributed by atoms with Crippen molar-refractivity contribution in [3.05, 3.63) is 11.2 Å². The molecule has 2 nitrogen and oxygen atoms in total. The maximum absolute atomic E-state index is 12.1. The second-order valence-corrected chi connectivity index (χ2v) is 3.19. The first-order valence-corrected chi connectivity index (χ1v) is 4.16. The van der Waals surface area contributed by atoms with Crippen molar-refractivity contribution in [1.82, 2.24) is 9.78 Å². The summed E-state index contributed by atoms with van der Waals surface area (Å²) in [6, 6.07) is 0. The predicted octanol–water partition coefficient (Wildman–Crippen LogP) is 3.05. The average Bonchev–Trinajstić information content (AvgIpc) is 2.32. The van der Waals surface area contributed by atoms with Gasteiger partial charge in [-0.15, -0.1) is 0 Å². The van der Waals surface area contributed by atoms with Crippen molar-refractivity contribution >= 4 is 23.4 Å². The van der Waals surface area contributed by atoms with Gasteiger partial charge in [-0.05, 0) is 11.8 Å². The molecule has 0 spiro atoms. The summed E-state index contributed by atoms with van der Waals surface area (Å²) in [6.45, 7) is -3.00. The van der Waals surface area contributed by atoms with E-state index in [0.717, 1.165) is 0 Å². The molecule has 1 aromatic heterocycles. The average molecular weight is 234 g/mol. The van der Waals surface area contributed by atoms with E-state index >= 15 is 0 Å². The number of alkyl halides is 4. The number of nitrogens with zero attached hydrogens (tertiary/aromatic N) is 2. The molecule has 0 saturated carbocycles. The van der Waals surface area contributed by atoms with Crippen molar-refractivity contribution in [2.75, 3.05) is 0 Å². The quantitative estimate of drug-likeness (QED) is 0.590. The lowest BCUT2D eigenvalue weighted by molar-refractivity contribution is 0.0472. The lowest BCUT2D eigenvalue weighted by Crippen LogP contribution is -2.02. The molecule has 1 radical (unpaired) electrons. The minimum absolute atomic E-state index is 0.0894. The Morgan fingerprint density at radius 1 is 1.38 bits per heavy atom. The van der Waals surface area contributed by atoms with Gasteiger partial charge >= 0.3 is 6.55 Å². The highest BCUT2D eigenvalue weighted by molar-refractivity contribution is 7.99. The molecule has 0 fully saturated rings. The Kier molecular flexibility index (Phi) is 3.43. The summed E-state index contributed by atoms with van der Waals surface area (Å²) >= 11 is 5.22. The molecule has 0 unspecified atom stereocenters. The van der Waals surface area contributed by atoms with Gasteiger partial charge in [-0.2, -0.15) is 27.3 Å². The standard InChI is InChI=1S/C5H2ClF4N2S/c6-2-1-11-12(4(7)8)3(2)13-5(9)10/h4-5H. The smallest absolute Gasteiger partial charge is 0.198 e. The lowest BCUT2D eigenvalue weighted by atomic mass is 10.7. The molecular formula is C5H2ClF4N2S. The van der Waals surface area contributed by atoms with Crippen LogP contribution >= 0.6 is 23.4 Å². The Morgan fingerprint density at radius 3 is 2.46 bits per heavy atom. The third-order valence-corrected chi connectivity index (χ3v) is 2.21. The van der Waals surface area contributed by atoms with Crippen LogP contribution in [0.3, 0.4) is 0 Å². The first kappa shape index (κ1) is 10.6. The molecule has 0 N–H and O–H groups in total. The summed E-state index contributed by atoms with van der Waals surface area (Å²) in [7, 11) is 0. The minimum Gasteiger partial charge on any atom is -0.198 e. The van der Waals surface area contributed by atoms with Gasteiger partial charge in [0, 0.05) is 0 Å². The number of rotatable bonds is 3. The van der Waals surface area contributed by atoms with Gasteiger partial charge in [0.15, 0.2) is 0 Å². The molecule has 0 saturated heterocycles. The second kappa shape index (κ2) is 4.19. The second-order valence-electron chi connectivity index (χ2n) is 1.83. The molecule has 0 amide bonds. The van der Waals surface area contributed by atoms with Crippen molar-refractivity contribution in [2.24, 2.45) is 0 Å². The van der Waals surface area contributed by atoms with E-state index in [1.54, 1.807) is 0 Å². The molecule has 0 atom stereocenters. The van der Waals surface area contributed by atoms with Gasteiger partial charge in [0.2, 0.25) is 0 Å². The fourth-order valence-corrected chi connectivity index (χ4v) is 1.42. The number of aromatic nitrogens is 2. The zero-order valence-electron chi connectivity index (χ0n) is 5.85. The zero-order valence-corrected chi connectivity index (χ0v) is 7.42. The van der Waals surface area contributed by atoms with Gasteiger partial charge in [-0.25, -0.2) is 0 Å². The molecule has 1 rings (SSSR count). The van der Waals surface area contributed by atoms with E-state index in [1.807, 2.05) is 6.20 Å². The van der Waals surface area contributed by atoms with Gasteiger partial charge in [0.25, 0.3) is 5.76 Å². The highest BCUT2D eigenvalue weighted by Gasteiger charge is 2.20. The molecule has 0 aromatic carbocycles. The van der Waals surface area contributed by atoms with Gasteiger partial charge in [-0.3, -0.25) is 0 Å². The summed E-state index contributed by atoms with van der Waals surface area (Å²) in [4.78, 5) is 0. The summed E-state index contributed by atoms with van der Waals surface area (Å²) in [5.41, 5.74) is 0. The van der Waals surface area contributed by atoms with Gasteiger partial charge in [-0.1, -0.05) is 11.6 Å². The Bertz CT molecular complexity index is 290. The van der Waals surface area contributed by atoms with Crippen LogP contribution in [-0.2, 0) is 0 Å². The van der Waals surface area contributed by atoms with E-state index in [0.29, 0.717) is 0 Å². The van der Waals surface area contributed by atoms with Crippen LogP contribution in [0.4, 0.5) is 17.6 Å². The van der Waals surface area contributed by atoms with Gasteiger partial charge in [0.05, 0.1) is 0 Å². The zero-order chi connectivity index (χ0) is 10.0. The highest BCUT2D eigenvalue weighted by Crippen LogP contribution is 2.33. The molecule has 0 bridgehead atoms. The highest BCUT2D eigenvalue weighted by atomic mass is 35.5. The molecule has 0 aliphatic carbocycles. The molecule has 13 heavy (non-hydrogen) atoms. The molecule has 73 valence electrons. The number of hydrogen-bond donors (Lipinski definition) is 0. The Balaban J connectivity index is 2.94. The first-order valence-electron chi connectivity index (χ1n) is 2.91. The van der Waals surface area contributed by atoms with Crippen molar-refractivity contribution in [3.63, 3.8) is 0 Å². The SMILES string of the molecule is FC(F)Sc1c(Cl)[c]nn1C(F)F. The normalized spacial score (nSPS) is 11.6. The van der Waals surface area contributed by atoms with E-state index in [9.17, 15) is 17.6 Å². The van der Waals surface area contributed by atoms with Gasteiger partial charge in [0.1, 0.15) is 16.2 Å². The Morgan fingerprint density at radius 2 is 2.00 bits per heavy atom. The monoisotopic (exact) mass is 233 g/mol. The Labute approximate surface area is 79.9 Å². The van der Waals surface area contributed by atoms with Crippen LogP contribution in [0.2, 0.25) is 5.02 Å². The van der Waals surface area contributed by atoms with E-state index < -0.39 is 17.3 Å². The van der Waals surface area contributed by atoms with E-state index in [4.69, 9.17) is 11.6 Å². The van der Waals surface area contributed by atoms with E-state index in [1.165, 1.54) is 0 Å². The fourth-order valence-electron chi connectivity index (χ4n) is 0.614.